The minimum absolute atomic E-state index is 0.0223. The van der Waals surface area contributed by atoms with Crippen LogP contribution in [0.25, 0.3) is 17.1 Å². The molecule has 158 valence electrons. The van der Waals surface area contributed by atoms with Crippen molar-refractivity contribution in [1.82, 2.24) is 19.9 Å². The number of aromatic hydroxyl groups is 1. The standard InChI is InChI=1S/C21H18N4O6/c1-25-19-13(6-4-10-22-19)18(28)17(21(25)30)15(26)9-8-12-5-3-7-14(24-12)20(29)23-11-16(27)31-2/h3-10,28H,11H2,1-2H3,(H,23,29). The smallest absolute Gasteiger partial charge is 0.325 e. The first kappa shape index (κ1) is 21.4. The number of methoxy groups -OCH3 is 1. The number of amides is 1. The number of carbonyl (C=O) groups is 3. The highest BCUT2D eigenvalue weighted by Gasteiger charge is 2.20. The summed E-state index contributed by atoms with van der Waals surface area (Å²) in [6.07, 6.45) is 3.87. The second-order valence-electron chi connectivity index (χ2n) is 6.37. The van der Waals surface area contributed by atoms with E-state index in [1.807, 2.05) is 0 Å². The van der Waals surface area contributed by atoms with Crippen molar-refractivity contribution in [2.75, 3.05) is 13.7 Å². The molecule has 3 aromatic heterocycles. The Morgan fingerprint density at radius 1 is 1.23 bits per heavy atom. The van der Waals surface area contributed by atoms with Crippen molar-refractivity contribution in [1.29, 1.82) is 0 Å². The van der Waals surface area contributed by atoms with Gasteiger partial charge in [-0.05, 0) is 36.4 Å². The van der Waals surface area contributed by atoms with E-state index in [1.54, 1.807) is 24.3 Å². The van der Waals surface area contributed by atoms with E-state index in [1.165, 1.54) is 37.1 Å². The molecule has 31 heavy (non-hydrogen) atoms. The molecular weight excluding hydrogens is 404 g/mol. The molecule has 0 aliphatic rings. The molecule has 1 amide bonds. The van der Waals surface area contributed by atoms with E-state index in [9.17, 15) is 24.3 Å². The van der Waals surface area contributed by atoms with Crippen LogP contribution in [-0.2, 0) is 16.6 Å². The number of ketones is 1. The normalized spacial score (nSPS) is 10.9. The first-order valence-electron chi connectivity index (χ1n) is 9.04. The molecule has 0 fully saturated rings. The number of ether oxygens (including phenoxy) is 1. The third-order valence-electron chi connectivity index (χ3n) is 4.39. The van der Waals surface area contributed by atoms with Crippen LogP contribution in [0, 0.1) is 0 Å². The maximum Gasteiger partial charge on any atom is 0.325 e. The maximum absolute atomic E-state index is 12.6. The van der Waals surface area contributed by atoms with Gasteiger partial charge in [-0.25, -0.2) is 9.97 Å². The van der Waals surface area contributed by atoms with Crippen LogP contribution in [0.5, 0.6) is 5.75 Å². The highest BCUT2D eigenvalue weighted by atomic mass is 16.5. The Morgan fingerprint density at radius 3 is 2.74 bits per heavy atom. The third kappa shape index (κ3) is 4.47. The summed E-state index contributed by atoms with van der Waals surface area (Å²) < 4.78 is 5.63. The van der Waals surface area contributed by atoms with Crippen molar-refractivity contribution in [3.8, 4) is 5.75 Å². The Hall–Kier alpha value is -4.34. The van der Waals surface area contributed by atoms with Crippen molar-refractivity contribution in [3.63, 3.8) is 0 Å². The number of rotatable bonds is 6. The average molecular weight is 422 g/mol. The number of pyridine rings is 3. The molecule has 0 aliphatic carbocycles. The van der Waals surface area contributed by atoms with Crippen molar-refractivity contribution < 1.29 is 24.2 Å². The Kier molecular flexibility index (Phi) is 6.20. The van der Waals surface area contributed by atoms with E-state index < -0.39 is 34.5 Å². The van der Waals surface area contributed by atoms with Crippen molar-refractivity contribution in [2.24, 2.45) is 7.05 Å². The molecule has 0 saturated heterocycles. The molecule has 3 aromatic rings. The van der Waals surface area contributed by atoms with E-state index in [2.05, 4.69) is 20.0 Å². The summed E-state index contributed by atoms with van der Waals surface area (Å²) in [7, 11) is 2.65. The van der Waals surface area contributed by atoms with Crippen LogP contribution in [0.1, 0.15) is 26.5 Å². The Morgan fingerprint density at radius 2 is 2.00 bits per heavy atom. The van der Waals surface area contributed by atoms with Crippen LogP contribution < -0.4 is 10.9 Å². The van der Waals surface area contributed by atoms with Crippen molar-refractivity contribution >= 4 is 34.8 Å². The summed E-state index contributed by atoms with van der Waals surface area (Å²) in [6.45, 7) is -0.311. The van der Waals surface area contributed by atoms with Gasteiger partial charge in [-0.15, -0.1) is 0 Å². The number of nitrogens with zero attached hydrogens (tertiary/aromatic N) is 3. The quantitative estimate of drug-likeness (QED) is 0.338. The number of aryl methyl sites for hydroxylation is 1. The number of fused-ring (bicyclic) bond motifs is 1. The number of aromatic nitrogens is 3. The zero-order valence-corrected chi connectivity index (χ0v) is 16.7. The van der Waals surface area contributed by atoms with Crippen LogP contribution in [0.2, 0.25) is 0 Å². The summed E-state index contributed by atoms with van der Waals surface area (Å²) in [6, 6.07) is 7.65. The van der Waals surface area contributed by atoms with Gasteiger partial charge in [-0.2, -0.15) is 0 Å². The molecular formula is C21H18N4O6. The number of nitrogens with one attached hydrogen (secondary N) is 1. The molecule has 0 radical (unpaired) electrons. The van der Waals surface area contributed by atoms with Gasteiger partial charge in [-0.1, -0.05) is 6.07 Å². The molecule has 0 spiro atoms. The van der Waals surface area contributed by atoms with Gasteiger partial charge < -0.3 is 15.2 Å². The van der Waals surface area contributed by atoms with Crippen LogP contribution in [0.15, 0.2) is 47.4 Å². The summed E-state index contributed by atoms with van der Waals surface area (Å²) in [4.78, 5) is 56.5. The van der Waals surface area contributed by atoms with Crippen LogP contribution in [0.4, 0.5) is 0 Å². The lowest BCUT2D eigenvalue weighted by Gasteiger charge is -2.08. The molecule has 0 saturated carbocycles. The molecule has 10 nitrogen and oxygen atoms in total. The largest absolute Gasteiger partial charge is 0.506 e. The Balaban J connectivity index is 1.86. The first-order chi connectivity index (χ1) is 14.8. The molecule has 0 atom stereocenters. The van der Waals surface area contributed by atoms with E-state index in [4.69, 9.17) is 0 Å². The van der Waals surface area contributed by atoms with Crippen LogP contribution in [0.3, 0.4) is 0 Å². The number of allylic oxidation sites excluding steroid dienone is 1. The van der Waals surface area contributed by atoms with Gasteiger partial charge in [0, 0.05) is 13.2 Å². The molecule has 2 N–H and O–H groups in total. The van der Waals surface area contributed by atoms with Gasteiger partial charge in [0.1, 0.15) is 29.2 Å². The number of esters is 1. The molecule has 3 heterocycles. The fourth-order valence-electron chi connectivity index (χ4n) is 2.80. The van der Waals surface area contributed by atoms with Gasteiger partial charge in [0.25, 0.3) is 11.5 Å². The highest BCUT2D eigenvalue weighted by molar-refractivity contribution is 6.10. The van der Waals surface area contributed by atoms with E-state index in [0.29, 0.717) is 0 Å². The molecule has 0 aliphatic heterocycles. The number of hydrogen-bond donors (Lipinski definition) is 2. The van der Waals surface area contributed by atoms with Gasteiger partial charge >= 0.3 is 5.97 Å². The second-order valence-corrected chi connectivity index (χ2v) is 6.37. The minimum Gasteiger partial charge on any atom is -0.506 e. The summed E-state index contributed by atoms with van der Waals surface area (Å²) in [5.41, 5.74) is -0.557. The lowest BCUT2D eigenvalue weighted by atomic mass is 10.1. The van der Waals surface area contributed by atoms with Crippen LogP contribution >= 0.6 is 0 Å². The van der Waals surface area contributed by atoms with Gasteiger partial charge in [0.05, 0.1) is 18.2 Å². The summed E-state index contributed by atoms with van der Waals surface area (Å²) in [5.74, 6) is -2.39. The Bertz CT molecular complexity index is 1280. The molecule has 3 rings (SSSR count). The zero-order chi connectivity index (χ0) is 22.5. The topological polar surface area (TPSA) is 140 Å². The minimum atomic E-state index is -0.730. The molecule has 0 aromatic carbocycles. The van der Waals surface area contributed by atoms with Gasteiger partial charge in [0.15, 0.2) is 5.78 Å². The van der Waals surface area contributed by atoms with Crippen molar-refractivity contribution in [2.45, 2.75) is 0 Å². The third-order valence-corrected chi connectivity index (χ3v) is 4.39. The summed E-state index contributed by atoms with van der Waals surface area (Å²) in [5, 5.41) is 13.1. The number of carbonyl (C=O) groups excluding carboxylic acids is 3. The SMILES string of the molecule is COC(=O)CNC(=O)c1cccc(C=CC(=O)c2c(O)c3cccnc3n(C)c2=O)n1. The van der Waals surface area contributed by atoms with Gasteiger partial charge in [-0.3, -0.25) is 23.7 Å². The van der Waals surface area contributed by atoms with Gasteiger partial charge in [0.2, 0.25) is 0 Å². The first-order valence-corrected chi connectivity index (χ1v) is 9.04. The second kappa shape index (κ2) is 8.99. The van der Waals surface area contributed by atoms with Crippen molar-refractivity contribution in [3.05, 3.63) is 69.9 Å². The zero-order valence-electron chi connectivity index (χ0n) is 16.7. The maximum atomic E-state index is 12.6. The predicted octanol–water partition coefficient (Wildman–Crippen LogP) is 0.833. The lowest BCUT2D eigenvalue weighted by molar-refractivity contribution is -0.139. The fraction of sp³-hybridized carbons (Fsp3) is 0.143. The number of hydrogen-bond acceptors (Lipinski definition) is 8. The average Bonchev–Trinajstić information content (AvgIpc) is 2.79. The fourth-order valence-corrected chi connectivity index (χ4v) is 2.80. The van der Waals surface area contributed by atoms with E-state index >= 15 is 0 Å². The highest BCUT2D eigenvalue weighted by Crippen LogP contribution is 2.25. The van der Waals surface area contributed by atoms with E-state index in [-0.39, 0.29) is 29.0 Å². The van der Waals surface area contributed by atoms with E-state index in [0.717, 1.165) is 6.08 Å². The van der Waals surface area contributed by atoms with Crippen LogP contribution in [-0.4, -0.2) is 51.0 Å². The molecule has 0 unspecified atom stereocenters. The predicted molar refractivity (Wildman–Crippen MR) is 111 cm³/mol. The Labute approximate surface area is 175 Å². The monoisotopic (exact) mass is 422 g/mol. The lowest BCUT2D eigenvalue weighted by Crippen LogP contribution is -2.30. The summed E-state index contributed by atoms with van der Waals surface area (Å²) >= 11 is 0. The molecule has 10 heteroatoms. The molecule has 0 bridgehead atoms.